The number of amides is 1. The van der Waals surface area contributed by atoms with Crippen molar-refractivity contribution in [3.8, 4) is 0 Å². The van der Waals surface area contributed by atoms with Crippen LogP contribution < -0.4 is 5.32 Å². The molecule has 0 bridgehead atoms. The van der Waals surface area contributed by atoms with E-state index < -0.39 is 0 Å². The Morgan fingerprint density at radius 2 is 2.18 bits per heavy atom. The topological polar surface area (TPSA) is 32.3 Å². The summed E-state index contributed by atoms with van der Waals surface area (Å²) in [5, 5.41) is 2.92. The van der Waals surface area contributed by atoms with Crippen LogP contribution in [0.5, 0.6) is 0 Å². The first-order valence-electron chi connectivity index (χ1n) is 5.95. The number of likely N-dealkylation sites (N-methyl/N-ethyl adjacent to an activating group) is 1. The summed E-state index contributed by atoms with van der Waals surface area (Å²) in [6.45, 7) is 1.60. The van der Waals surface area contributed by atoms with Gasteiger partial charge in [0, 0.05) is 24.0 Å². The van der Waals surface area contributed by atoms with Crippen molar-refractivity contribution >= 4 is 18.5 Å². The van der Waals surface area contributed by atoms with Crippen LogP contribution in [0.25, 0.3) is 0 Å². The molecule has 1 aromatic rings. The van der Waals surface area contributed by atoms with Crippen LogP contribution in [-0.4, -0.2) is 37.0 Å². The first kappa shape index (κ1) is 12.5. The molecule has 0 radical (unpaired) electrons. The molecule has 0 unspecified atom stereocenters. The Morgan fingerprint density at radius 1 is 1.47 bits per heavy atom. The van der Waals surface area contributed by atoms with Crippen molar-refractivity contribution in [2.75, 3.05) is 20.1 Å². The van der Waals surface area contributed by atoms with Crippen molar-refractivity contribution in [1.29, 1.82) is 0 Å². The first-order valence-corrected chi connectivity index (χ1v) is 6.39. The molecule has 1 aliphatic rings. The molecule has 0 aliphatic heterocycles. The van der Waals surface area contributed by atoms with Gasteiger partial charge in [0.05, 0.1) is 5.56 Å². The van der Waals surface area contributed by atoms with Gasteiger partial charge in [-0.1, -0.05) is 12.1 Å². The van der Waals surface area contributed by atoms with Gasteiger partial charge in [0.25, 0.3) is 5.91 Å². The Labute approximate surface area is 108 Å². The second kappa shape index (κ2) is 5.56. The lowest BCUT2D eigenvalue weighted by molar-refractivity contribution is 0.0946. The molecule has 1 aliphatic carbocycles. The molecular formula is C13H18N2OS. The predicted octanol–water partition coefficient (Wildman–Crippen LogP) is 1.80. The quantitative estimate of drug-likeness (QED) is 0.781. The number of thiol groups is 1. The van der Waals surface area contributed by atoms with Gasteiger partial charge in [-0.05, 0) is 32.0 Å². The van der Waals surface area contributed by atoms with Crippen LogP contribution in [0.1, 0.15) is 23.2 Å². The standard InChI is InChI=1S/C13H18N2OS/c1-15(10-6-7-10)9-8-14-13(16)11-4-2-3-5-12(11)17/h2-5,10,17H,6-9H2,1H3,(H,14,16). The van der Waals surface area contributed by atoms with Crippen LogP contribution in [0.4, 0.5) is 0 Å². The second-order valence-corrected chi connectivity index (χ2v) is 4.97. The van der Waals surface area contributed by atoms with E-state index in [4.69, 9.17) is 0 Å². The van der Waals surface area contributed by atoms with E-state index in [1.807, 2.05) is 18.2 Å². The van der Waals surface area contributed by atoms with Crippen molar-refractivity contribution in [3.63, 3.8) is 0 Å². The SMILES string of the molecule is CN(CCNC(=O)c1ccccc1S)C1CC1. The highest BCUT2D eigenvalue weighted by atomic mass is 32.1. The highest BCUT2D eigenvalue weighted by molar-refractivity contribution is 7.80. The summed E-state index contributed by atoms with van der Waals surface area (Å²) in [6.07, 6.45) is 2.59. The molecule has 2 rings (SSSR count). The van der Waals surface area contributed by atoms with Gasteiger partial charge in [0.1, 0.15) is 0 Å². The molecule has 0 atom stereocenters. The minimum atomic E-state index is -0.0419. The second-order valence-electron chi connectivity index (χ2n) is 4.48. The van der Waals surface area contributed by atoms with Gasteiger partial charge >= 0.3 is 0 Å². The Balaban J connectivity index is 1.79. The minimum Gasteiger partial charge on any atom is -0.351 e. The summed E-state index contributed by atoms with van der Waals surface area (Å²) in [6, 6.07) is 8.09. The lowest BCUT2D eigenvalue weighted by atomic mass is 10.2. The van der Waals surface area contributed by atoms with Gasteiger partial charge in [0.15, 0.2) is 0 Å². The molecule has 4 heteroatoms. The van der Waals surface area contributed by atoms with E-state index in [1.54, 1.807) is 6.07 Å². The van der Waals surface area contributed by atoms with Crippen LogP contribution in [0.3, 0.4) is 0 Å². The maximum Gasteiger partial charge on any atom is 0.252 e. The molecule has 92 valence electrons. The van der Waals surface area contributed by atoms with Crippen LogP contribution in [0, 0.1) is 0 Å². The number of carbonyl (C=O) groups excluding carboxylic acids is 1. The van der Waals surface area contributed by atoms with E-state index >= 15 is 0 Å². The van der Waals surface area contributed by atoms with Gasteiger partial charge in [0.2, 0.25) is 0 Å². The number of hydrogen-bond donors (Lipinski definition) is 2. The number of carbonyl (C=O) groups is 1. The van der Waals surface area contributed by atoms with Crippen molar-refractivity contribution in [2.24, 2.45) is 0 Å². The first-order chi connectivity index (χ1) is 8.18. The Bertz CT molecular complexity index is 404. The molecule has 1 aromatic carbocycles. The third kappa shape index (κ3) is 3.48. The fraction of sp³-hybridized carbons (Fsp3) is 0.462. The normalized spacial score (nSPS) is 15.0. The van der Waals surface area contributed by atoms with E-state index in [0.29, 0.717) is 12.1 Å². The average Bonchev–Trinajstić information content (AvgIpc) is 3.13. The summed E-state index contributed by atoms with van der Waals surface area (Å²) in [5.41, 5.74) is 0.643. The van der Waals surface area contributed by atoms with Gasteiger partial charge in [-0.3, -0.25) is 4.79 Å². The molecule has 0 spiro atoms. The highest BCUT2D eigenvalue weighted by Gasteiger charge is 2.25. The van der Waals surface area contributed by atoms with Gasteiger partial charge in [-0.25, -0.2) is 0 Å². The highest BCUT2D eigenvalue weighted by Crippen LogP contribution is 2.24. The van der Waals surface area contributed by atoms with Gasteiger partial charge < -0.3 is 10.2 Å². The molecule has 3 nitrogen and oxygen atoms in total. The zero-order valence-corrected chi connectivity index (χ0v) is 10.9. The summed E-state index contributed by atoms with van der Waals surface area (Å²) in [4.78, 5) is 14.9. The lowest BCUT2D eigenvalue weighted by Crippen LogP contribution is -2.34. The van der Waals surface area contributed by atoms with E-state index in [2.05, 4.69) is 29.9 Å². The fourth-order valence-electron chi connectivity index (χ4n) is 1.80. The molecule has 0 saturated heterocycles. The van der Waals surface area contributed by atoms with Crippen LogP contribution in [0.15, 0.2) is 29.2 Å². The Kier molecular flexibility index (Phi) is 4.07. The van der Waals surface area contributed by atoms with E-state index in [9.17, 15) is 4.79 Å². The maximum atomic E-state index is 11.9. The van der Waals surface area contributed by atoms with E-state index in [1.165, 1.54) is 12.8 Å². The third-order valence-electron chi connectivity index (χ3n) is 3.07. The molecular weight excluding hydrogens is 232 g/mol. The molecule has 1 saturated carbocycles. The van der Waals surface area contributed by atoms with Crippen molar-refractivity contribution in [2.45, 2.75) is 23.8 Å². The lowest BCUT2D eigenvalue weighted by Gasteiger charge is -2.15. The predicted molar refractivity (Wildman–Crippen MR) is 71.7 cm³/mol. The average molecular weight is 250 g/mol. The maximum absolute atomic E-state index is 11.9. The third-order valence-corrected chi connectivity index (χ3v) is 3.46. The van der Waals surface area contributed by atoms with Crippen LogP contribution in [-0.2, 0) is 0 Å². The molecule has 1 N–H and O–H groups in total. The summed E-state index contributed by atoms with van der Waals surface area (Å²) in [7, 11) is 2.11. The van der Waals surface area contributed by atoms with Crippen molar-refractivity contribution < 1.29 is 4.79 Å². The molecule has 1 amide bonds. The molecule has 0 aromatic heterocycles. The number of benzene rings is 1. The fourth-order valence-corrected chi connectivity index (χ4v) is 2.07. The minimum absolute atomic E-state index is 0.0419. The summed E-state index contributed by atoms with van der Waals surface area (Å²) < 4.78 is 0. The largest absolute Gasteiger partial charge is 0.351 e. The van der Waals surface area contributed by atoms with Crippen molar-refractivity contribution in [3.05, 3.63) is 29.8 Å². The molecule has 17 heavy (non-hydrogen) atoms. The molecule has 0 heterocycles. The van der Waals surface area contributed by atoms with Crippen LogP contribution in [0.2, 0.25) is 0 Å². The van der Waals surface area contributed by atoms with Gasteiger partial charge in [-0.15, -0.1) is 12.6 Å². The molecule has 1 fully saturated rings. The number of hydrogen-bond acceptors (Lipinski definition) is 3. The zero-order valence-electron chi connectivity index (χ0n) is 10.0. The number of nitrogens with zero attached hydrogens (tertiary/aromatic N) is 1. The summed E-state index contributed by atoms with van der Waals surface area (Å²) in [5.74, 6) is -0.0419. The van der Waals surface area contributed by atoms with Crippen molar-refractivity contribution in [1.82, 2.24) is 10.2 Å². The van der Waals surface area contributed by atoms with E-state index in [-0.39, 0.29) is 5.91 Å². The van der Waals surface area contributed by atoms with Crippen LogP contribution >= 0.6 is 12.6 Å². The Morgan fingerprint density at radius 3 is 2.82 bits per heavy atom. The van der Waals surface area contributed by atoms with E-state index in [0.717, 1.165) is 17.5 Å². The Hall–Kier alpha value is -1.00. The monoisotopic (exact) mass is 250 g/mol. The van der Waals surface area contributed by atoms with Gasteiger partial charge in [-0.2, -0.15) is 0 Å². The zero-order chi connectivity index (χ0) is 12.3. The number of nitrogens with one attached hydrogen (secondary N) is 1. The number of rotatable bonds is 5. The smallest absolute Gasteiger partial charge is 0.252 e. The summed E-state index contributed by atoms with van der Waals surface area (Å²) >= 11 is 4.27.